The maximum absolute atomic E-state index is 12.6. The van der Waals surface area contributed by atoms with E-state index < -0.39 is 10.0 Å². The first-order valence-electron chi connectivity index (χ1n) is 7.89. The molecule has 0 spiro atoms. The molecule has 0 aromatic heterocycles. The van der Waals surface area contributed by atoms with E-state index in [1.165, 1.54) is 11.1 Å². The molecule has 3 rings (SSSR count). The lowest BCUT2D eigenvalue weighted by atomic mass is 10.1. The molecule has 0 aliphatic carbocycles. The lowest BCUT2D eigenvalue weighted by Gasteiger charge is -2.34. The Morgan fingerprint density at radius 2 is 1.48 bits per heavy atom. The highest BCUT2D eigenvalue weighted by molar-refractivity contribution is 7.89. The van der Waals surface area contributed by atoms with Gasteiger partial charge in [-0.2, -0.15) is 4.31 Å². The number of sulfonamides is 1. The molecule has 1 heterocycles. The summed E-state index contributed by atoms with van der Waals surface area (Å²) in [5, 5.41) is 0. The first kappa shape index (κ1) is 16.2. The van der Waals surface area contributed by atoms with E-state index in [2.05, 4.69) is 36.1 Å². The molecular formula is C18H22N2O2S. The van der Waals surface area contributed by atoms with Gasteiger partial charge < -0.3 is 0 Å². The number of aryl methyl sites for hydroxylation is 1. The normalized spacial score (nSPS) is 17.3. The van der Waals surface area contributed by atoms with Crippen LogP contribution in [0.3, 0.4) is 0 Å². The Balaban J connectivity index is 1.61. The Morgan fingerprint density at radius 1 is 0.870 bits per heavy atom. The topological polar surface area (TPSA) is 40.6 Å². The van der Waals surface area contributed by atoms with Gasteiger partial charge in [0.1, 0.15) is 0 Å². The lowest BCUT2D eigenvalue weighted by molar-refractivity contribution is 0.181. The molecule has 4 nitrogen and oxygen atoms in total. The van der Waals surface area contributed by atoms with Crippen LogP contribution in [0.15, 0.2) is 59.5 Å². The average Bonchev–Trinajstić information content (AvgIpc) is 2.58. The number of nitrogens with zero attached hydrogens (tertiary/aromatic N) is 2. The zero-order chi connectivity index (χ0) is 16.3. The average molecular weight is 330 g/mol. The fraction of sp³-hybridized carbons (Fsp3) is 0.333. The van der Waals surface area contributed by atoms with Gasteiger partial charge in [0.15, 0.2) is 0 Å². The summed E-state index contributed by atoms with van der Waals surface area (Å²) in [5.41, 5.74) is 2.53. The van der Waals surface area contributed by atoms with Crippen LogP contribution in [-0.4, -0.2) is 43.8 Å². The molecule has 0 radical (unpaired) electrons. The Labute approximate surface area is 138 Å². The maximum Gasteiger partial charge on any atom is 0.243 e. The molecule has 0 amide bonds. The SMILES string of the molecule is Cc1ccc(CN2CCN(S(=O)(=O)c3ccccc3)CC2)cc1. The van der Waals surface area contributed by atoms with Gasteiger partial charge in [0.05, 0.1) is 4.90 Å². The number of rotatable bonds is 4. The van der Waals surface area contributed by atoms with Crippen LogP contribution in [0.2, 0.25) is 0 Å². The van der Waals surface area contributed by atoms with Crippen molar-refractivity contribution in [3.63, 3.8) is 0 Å². The summed E-state index contributed by atoms with van der Waals surface area (Å²) in [6, 6.07) is 17.2. The molecule has 5 heteroatoms. The lowest BCUT2D eigenvalue weighted by Crippen LogP contribution is -2.48. The third-order valence-corrected chi connectivity index (χ3v) is 6.15. The number of piperazine rings is 1. The molecule has 0 saturated carbocycles. The van der Waals surface area contributed by atoms with Crippen LogP contribution in [0.4, 0.5) is 0 Å². The summed E-state index contributed by atoms with van der Waals surface area (Å²) in [7, 11) is -3.36. The molecule has 2 aromatic carbocycles. The molecule has 0 bridgehead atoms. The second-order valence-corrected chi connectivity index (χ2v) is 7.92. The Morgan fingerprint density at radius 3 is 2.09 bits per heavy atom. The van der Waals surface area contributed by atoms with Crippen molar-refractivity contribution in [3.05, 3.63) is 65.7 Å². The van der Waals surface area contributed by atoms with E-state index in [0.29, 0.717) is 18.0 Å². The summed E-state index contributed by atoms with van der Waals surface area (Å²) in [6.45, 7) is 5.57. The van der Waals surface area contributed by atoms with Gasteiger partial charge in [0, 0.05) is 32.7 Å². The van der Waals surface area contributed by atoms with Crippen LogP contribution in [0.5, 0.6) is 0 Å². The Hall–Kier alpha value is -1.69. The zero-order valence-electron chi connectivity index (χ0n) is 13.4. The first-order valence-corrected chi connectivity index (χ1v) is 9.33. The minimum Gasteiger partial charge on any atom is -0.296 e. The van der Waals surface area contributed by atoms with Gasteiger partial charge >= 0.3 is 0 Å². The van der Waals surface area contributed by atoms with Crippen molar-refractivity contribution in [2.24, 2.45) is 0 Å². The van der Waals surface area contributed by atoms with Crippen molar-refractivity contribution in [2.75, 3.05) is 26.2 Å². The second kappa shape index (κ2) is 6.83. The van der Waals surface area contributed by atoms with Crippen LogP contribution in [0, 0.1) is 6.92 Å². The minimum atomic E-state index is -3.36. The van der Waals surface area contributed by atoms with E-state index in [1.54, 1.807) is 28.6 Å². The van der Waals surface area contributed by atoms with Crippen molar-refractivity contribution >= 4 is 10.0 Å². The molecule has 2 aromatic rings. The van der Waals surface area contributed by atoms with Gasteiger partial charge in [0.2, 0.25) is 10.0 Å². The molecule has 1 fully saturated rings. The van der Waals surface area contributed by atoms with E-state index in [-0.39, 0.29) is 0 Å². The monoisotopic (exact) mass is 330 g/mol. The first-order chi connectivity index (χ1) is 11.1. The molecule has 23 heavy (non-hydrogen) atoms. The van der Waals surface area contributed by atoms with Crippen LogP contribution < -0.4 is 0 Å². The van der Waals surface area contributed by atoms with Crippen molar-refractivity contribution in [1.82, 2.24) is 9.21 Å². The van der Waals surface area contributed by atoms with Gasteiger partial charge in [-0.25, -0.2) is 8.42 Å². The molecule has 122 valence electrons. The highest BCUT2D eigenvalue weighted by Gasteiger charge is 2.28. The van der Waals surface area contributed by atoms with E-state index in [4.69, 9.17) is 0 Å². The van der Waals surface area contributed by atoms with E-state index in [0.717, 1.165) is 19.6 Å². The highest BCUT2D eigenvalue weighted by atomic mass is 32.2. The van der Waals surface area contributed by atoms with E-state index in [9.17, 15) is 8.42 Å². The Kier molecular flexibility index (Phi) is 4.80. The molecule has 0 atom stereocenters. The fourth-order valence-electron chi connectivity index (χ4n) is 2.82. The summed E-state index contributed by atoms with van der Waals surface area (Å²) >= 11 is 0. The third kappa shape index (κ3) is 3.80. The molecule has 0 N–H and O–H groups in total. The van der Waals surface area contributed by atoms with Crippen molar-refractivity contribution in [3.8, 4) is 0 Å². The van der Waals surface area contributed by atoms with Crippen molar-refractivity contribution in [2.45, 2.75) is 18.4 Å². The summed E-state index contributed by atoms with van der Waals surface area (Å²) in [4.78, 5) is 2.69. The third-order valence-electron chi connectivity index (χ3n) is 4.24. The number of benzene rings is 2. The van der Waals surface area contributed by atoms with E-state index >= 15 is 0 Å². The Bertz CT molecular complexity index is 734. The zero-order valence-corrected chi connectivity index (χ0v) is 14.2. The van der Waals surface area contributed by atoms with Gasteiger partial charge in [-0.05, 0) is 24.6 Å². The van der Waals surface area contributed by atoms with E-state index in [1.807, 2.05) is 6.07 Å². The molecule has 1 aliphatic heterocycles. The molecule has 0 unspecified atom stereocenters. The van der Waals surface area contributed by atoms with Crippen molar-refractivity contribution < 1.29 is 8.42 Å². The number of hydrogen-bond acceptors (Lipinski definition) is 3. The summed E-state index contributed by atoms with van der Waals surface area (Å²) < 4.78 is 26.8. The van der Waals surface area contributed by atoms with Gasteiger partial charge in [-0.1, -0.05) is 48.0 Å². The smallest absolute Gasteiger partial charge is 0.243 e. The molecule has 1 aliphatic rings. The van der Waals surface area contributed by atoms with Crippen LogP contribution >= 0.6 is 0 Å². The van der Waals surface area contributed by atoms with Crippen LogP contribution in [0.1, 0.15) is 11.1 Å². The van der Waals surface area contributed by atoms with Gasteiger partial charge in [-0.15, -0.1) is 0 Å². The predicted octanol–water partition coefficient (Wildman–Crippen LogP) is 2.50. The van der Waals surface area contributed by atoms with Crippen LogP contribution in [-0.2, 0) is 16.6 Å². The minimum absolute atomic E-state index is 0.381. The highest BCUT2D eigenvalue weighted by Crippen LogP contribution is 2.18. The maximum atomic E-state index is 12.6. The second-order valence-electron chi connectivity index (χ2n) is 5.98. The van der Waals surface area contributed by atoms with Crippen LogP contribution in [0.25, 0.3) is 0 Å². The quantitative estimate of drug-likeness (QED) is 0.865. The molecule has 1 saturated heterocycles. The fourth-order valence-corrected chi connectivity index (χ4v) is 4.26. The standard InChI is InChI=1S/C18H22N2O2S/c1-16-7-9-17(10-8-16)15-19-11-13-20(14-12-19)23(21,22)18-5-3-2-4-6-18/h2-10H,11-15H2,1H3. The van der Waals surface area contributed by atoms with Crippen molar-refractivity contribution in [1.29, 1.82) is 0 Å². The largest absolute Gasteiger partial charge is 0.296 e. The number of hydrogen-bond donors (Lipinski definition) is 0. The van der Waals surface area contributed by atoms with Gasteiger partial charge in [-0.3, -0.25) is 4.90 Å². The molecular weight excluding hydrogens is 308 g/mol. The predicted molar refractivity (Wildman–Crippen MR) is 91.7 cm³/mol. The summed E-state index contributed by atoms with van der Waals surface area (Å²) in [6.07, 6.45) is 0. The summed E-state index contributed by atoms with van der Waals surface area (Å²) in [5.74, 6) is 0. The van der Waals surface area contributed by atoms with Gasteiger partial charge in [0.25, 0.3) is 0 Å².